The summed E-state index contributed by atoms with van der Waals surface area (Å²) in [5, 5.41) is 23.1. The summed E-state index contributed by atoms with van der Waals surface area (Å²) in [6.45, 7) is 4.26. The molecule has 16 heteroatoms. The number of aromatic nitrogens is 4. The lowest BCUT2D eigenvalue weighted by molar-refractivity contribution is 0.215. The van der Waals surface area contributed by atoms with E-state index in [1.54, 1.807) is 42.7 Å². The minimum Gasteiger partial charge on any atom is -0.457 e. The van der Waals surface area contributed by atoms with E-state index in [1.807, 2.05) is 73.3 Å². The monoisotopic (exact) mass is 868 g/mol. The van der Waals surface area contributed by atoms with E-state index < -0.39 is 0 Å². The summed E-state index contributed by atoms with van der Waals surface area (Å²) in [5.74, 6) is 3.43. The van der Waals surface area contributed by atoms with Gasteiger partial charge in [-0.25, -0.2) is 4.98 Å². The zero-order valence-corrected chi connectivity index (χ0v) is 37.1. The molecule has 0 fully saturated rings. The number of aliphatic hydroxyl groups excluding tert-OH is 1. The second-order valence-corrected chi connectivity index (χ2v) is 13.1. The first kappa shape index (κ1) is 48.0. The van der Waals surface area contributed by atoms with Crippen molar-refractivity contribution in [1.29, 1.82) is 0 Å². The molecule has 0 aliphatic heterocycles. The number of fused-ring (bicyclic) bond motifs is 1. The lowest BCUT2D eigenvalue weighted by atomic mass is 10.1. The third-order valence-electron chi connectivity index (χ3n) is 8.79. The number of hydrogen-bond donors (Lipinski definition) is 4. The molecule has 0 unspecified atom stereocenters. The molecule has 15 nitrogen and oxygen atoms in total. The van der Waals surface area contributed by atoms with Gasteiger partial charge in [0, 0.05) is 63.6 Å². The number of nitrogens with two attached hydrogens (primary N) is 1. The van der Waals surface area contributed by atoms with Crippen molar-refractivity contribution in [2.24, 2.45) is 22.4 Å². The van der Waals surface area contributed by atoms with Gasteiger partial charge in [0.25, 0.3) is 0 Å². The SMILES string of the molecule is CCc1cccc(N=C=S)c1.CCc1cccc(Nc2nc3cc(Oc4ccnc(/C=N\OC)c4)ccc3n2C)c1.CNc1ccc(Oc2ccnc(/C=N\OC)c2)cc1N.CO. The molecule has 0 aliphatic carbocycles. The molecule has 0 spiro atoms. The molecule has 0 amide bonds. The molecule has 7 rings (SSSR count). The van der Waals surface area contributed by atoms with Gasteiger partial charge in [0.15, 0.2) is 0 Å². The highest BCUT2D eigenvalue weighted by atomic mass is 32.1. The maximum absolute atomic E-state index is 7.00. The van der Waals surface area contributed by atoms with E-state index >= 15 is 0 Å². The molecule has 0 aliphatic rings. The fourth-order valence-corrected chi connectivity index (χ4v) is 5.80. The molecule has 4 aromatic carbocycles. The van der Waals surface area contributed by atoms with Crippen LogP contribution in [-0.4, -0.2) is 70.6 Å². The number of aryl methyl sites for hydroxylation is 3. The second kappa shape index (κ2) is 25.9. The van der Waals surface area contributed by atoms with Gasteiger partial charge >= 0.3 is 0 Å². The standard InChI is InChI=1S/C23H23N5O2.C14H16N4O2.C9H9NS.CH4O/c1-4-16-6-5-7-17(12-16)26-23-27-21-14-19(8-9-22(21)28(23)2)30-20-10-11-24-18(13-20)15-25-29-3;1-16-14-4-3-11(8-13(14)15)20-12-5-6-17-10(7-12)9-18-19-2;1-2-8-4-3-5-9(6-8)10-7-11;1-2/h5-15H,4H2,1-3H3,(H,26,27);3-9,16H,15H2,1-2H3;3-6H,2H2,1H3;2H,1H3/b25-15-;18-9-;;. The number of thiocarbonyl (C=S) groups is 1. The van der Waals surface area contributed by atoms with Crippen LogP contribution in [-0.2, 0) is 29.6 Å². The molecule has 0 saturated carbocycles. The number of imidazole rings is 1. The molecule has 3 aromatic heterocycles. The van der Waals surface area contributed by atoms with E-state index in [1.165, 1.54) is 37.8 Å². The summed E-state index contributed by atoms with van der Waals surface area (Å²) in [7, 11) is 7.77. The number of aliphatic hydroxyl groups is 1. The van der Waals surface area contributed by atoms with E-state index in [4.69, 9.17) is 30.1 Å². The topological polar surface area (TPSA) is 188 Å². The second-order valence-electron chi connectivity index (χ2n) is 12.9. The van der Waals surface area contributed by atoms with Crippen LogP contribution in [0.1, 0.15) is 36.4 Å². The van der Waals surface area contributed by atoms with Crippen molar-refractivity contribution in [1.82, 2.24) is 19.5 Å². The molecular formula is C47H52N10O5S. The Kier molecular flexibility index (Phi) is 19.7. The Hall–Kier alpha value is -7.65. The Labute approximate surface area is 373 Å². The number of aliphatic imine (C=N–C) groups is 1. The summed E-state index contributed by atoms with van der Waals surface area (Å²) in [4.78, 5) is 26.3. The minimum absolute atomic E-state index is 0.625. The highest BCUT2D eigenvalue weighted by Gasteiger charge is 2.10. The molecule has 3 heterocycles. The van der Waals surface area contributed by atoms with Crippen molar-refractivity contribution in [3.63, 3.8) is 0 Å². The summed E-state index contributed by atoms with van der Waals surface area (Å²) in [6.07, 6.45) is 8.36. The molecule has 63 heavy (non-hydrogen) atoms. The molecule has 7 aromatic rings. The van der Waals surface area contributed by atoms with Gasteiger partial charge in [0.1, 0.15) is 37.2 Å². The average Bonchev–Trinajstić information content (AvgIpc) is 3.62. The number of oxime groups is 2. The molecule has 326 valence electrons. The maximum atomic E-state index is 7.00. The van der Waals surface area contributed by atoms with Crippen LogP contribution in [0.4, 0.5) is 28.7 Å². The van der Waals surface area contributed by atoms with E-state index in [9.17, 15) is 0 Å². The van der Waals surface area contributed by atoms with Gasteiger partial charge in [-0.15, -0.1) is 0 Å². The fraction of sp³-hybridized carbons (Fsp3) is 0.191. The number of pyridine rings is 2. The van der Waals surface area contributed by atoms with Crippen LogP contribution >= 0.6 is 12.2 Å². The number of nitrogen functional groups attached to an aromatic ring is 1. The Morgan fingerprint density at radius 3 is 1.89 bits per heavy atom. The predicted octanol–water partition coefficient (Wildman–Crippen LogP) is 10.1. The molecule has 0 saturated heterocycles. The van der Waals surface area contributed by atoms with Crippen LogP contribution in [0, 0.1) is 0 Å². The van der Waals surface area contributed by atoms with Gasteiger partial charge in [0.2, 0.25) is 5.95 Å². The lowest BCUT2D eigenvalue weighted by Crippen LogP contribution is -1.99. The summed E-state index contributed by atoms with van der Waals surface area (Å²) in [6, 6.07) is 34.7. The van der Waals surface area contributed by atoms with Crippen molar-refractivity contribution in [2.75, 3.05) is 44.7 Å². The maximum Gasteiger partial charge on any atom is 0.208 e. The number of rotatable bonds is 14. The van der Waals surface area contributed by atoms with E-state index in [2.05, 4.69) is 96.2 Å². The van der Waals surface area contributed by atoms with E-state index in [-0.39, 0.29) is 0 Å². The quantitative estimate of drug-likeness (QED) is 0.0351. The Morgan fingerprint density at radius 2 is 1.32 bits per heavy atom. The van der Waals surface area contributed by atoms with Gasteiger partial charge in [-0.2, -0.15) is 4.99 Å². The van der Waals surface area contributed by atoms with Gasteiger partial charge < -0.3 is 45.2 Å². The highest BCUT2D eigenvalue weighted by molar-refractivity contribution is 7.78. The minimum atomic E-state index is 0.625. The number of nitrogens with one attached hydrogen (secondary N) is 2. The first-order valence-corrected chi connectivity index (χ1v) is 20.1. The zero-order valence-electron chi connectivity index (χ0n) is 36.3. The predicted molar refractivity (Wildman–Crippen MR) is 257 cm³/mol. The van der Waals surface area contributed by atoms with Crippen LogP contribution in [0.15, 0.2) is 137 Å². The number of ether oxygens (including phenoxy) is 2. The number of isothiocyanates is 1. The third-order valence-corrected chi connectivity index (χ3v) is 8.88. The van der Waals surface area contributed by atoms with Crippen LogP contribution in [0.3, 0.4) is 0 Å². The van der Waals surface area contributed by atoms with Crippen LogP contribution in [0.25, 0.3) is 11.0 Å². The van der Waals surface area contributed by atoms with E-state index in [0.29, 0.717) is 40.1 Å². The Bertz CT molecular complexity index is 2630. The van der Waals surface area contributed by atoms with Gasteiger partial charge in [-0.3, -0.25) is 9.97 Å². The van der Waals surface area contributed by atoms with Crippen molar-refractivity contribution in [2.45, 2.75) is 26.7 Å². The van der Waals surface area contributed by atoms with Crippen molar-refractivity contribution >= 4 is 69.5 Å². The first-order chi connectivity index (χ1) is 30.7. The molecule has 0 atom stereocenters. The number of anilines is 4. The lowest BCUT2D eigenvalue weighted by Gasteiger charge is -2.09. The molecular weight excluding hydrogens is 817 g/mol. The first-order valence-electron chi connectivity index (χ1n) is 19.7. The largest absolute Gasteiger partial charge is 0.457 e. The normalized spacial score (nSPS) is 10.3. The fourth-order valence-electron chi connectivity index (χ4n) is 5.69. The van der Waals surface area contributed by atoms with Crippen LogP contribution in [0.2, 0.25) is 0 Å². The average molecular weight is 869 g/mol. The van der Waals surface area contributed by atoms with Gasteiger partial charge in [-0.1, -0.05) is 48.4 Å². The summed E-state index contributed by atoms with van der Waals surface area (Å²) in [5.41, 5.74) is 15.0. The molecule has 0 bridgehead atoms. The van der Waals surface area contributed by atoms with Gasteiger partial charge in [0.05, 0.1) is 57.1 Å². The summed E-state index contributed by atoms with van der Waals surface area (Å²) >= 11 is 4.50. The summed E-state index contributed by atoms with van der Waals surface area (Å²) < 4.78 is 13.8. The third kappa shape index (κ3) is 15.1. The Morgan fingerprint density at radius 1 is 0.746 bits per heavy atom. The van der Waals surface area contributed by atoms with Crippen molar-refractivity contribution in [3.05, 3.63) is 144 Å². The van der Waals surface area contributed by atoms with Gasteiger partial charge in [-0.05, 0) is 96.9 Å². The van der Waals surface area contributed by atoms with Crippen LogP contribution in [0.5, 0.6) is 23.0 Å². The van der Waals surface area contributed by atoms with E-state index in [0.717, 1.165) is 54.0 Å². The zero-order chi connectivity index (χ0) is 45.4. The number of benzene rings is 4. The molecule has 0 radical (unpaired) electrons. The van der Waals surface area contributed by atoms with Crippen molar-refractivity contribution < 1.29 is 24.3 Å². The highest BCUT2D eigenvalue weighted by Crippen LogP contribution is 2.29. The Balaban J connectivity index is 0.000000227. The molecule has 5 N–H and O–H groups in total. The van der Waals surface area contributed by atoms with Crippen LogP contribution < -0.4 is 25.8 Å². The smallest absolute Gasteiger partial charge is 0.208 e. The number of nitrogens with zero attached hydrogens (tertiary/aromatic N) is 7. The van der Waals surface area contributed by atoms with Crippen molar-refractivity contribution in [3.8, 4) is 23.0 Å². The number of hydrogen-bond acceptors (Lipinski definition) is 15.